The molecule has 5 heteroatoms. The van der Waals surface area contributed by atoms with E-state index in [1.807, 2.05) is 0 Å². The zero-order chi connectivity index (χ0) is 11.3. The quantitative estimate of drug-likeness (QED) is 0.459. The molecule has 0 amide bonds. The third kappa shape index (κ3) is 0.967. The van der Waals surface area contributed by atoms with Crippen molar-refractivity contribution in [1.82, 2.24) is 4.57 Å². The molecule has 0 spiro atoms. The van der Waals surface area contributed by atoms with Crippen molar-refractivity contribution in [1.29, 1.82) is 0 Å². The standard InChI is InChI=1S/C11H6N2O3/c14-11-8-6-7(13(15)16)3-4-9(8)12-5-1-2-10(11)12/h1-6H. The van der Waals surface area contributed by atoms with Crippen molar-refractivity contribution in [2.45, 2.75) is 0 Å². The number of nitro groups is 1. The summed E-state index contributed by atoms with van der Waals surface area (Å²) in [5.41, 5.74) is 1.59. The summed E-state index contributed by atoms with van der Waals surface area (Å²) in [6, 6.07) is 7.81. The van der Waals surface area contributed by atoms with E-state index in [4.69, 9.17) is 0 Å². The van der Waals surface area contributed by atoms with E-state index in [-0.39, 0.29) is 11.5 Å². The van der Waals surface area contributed by atoms with E-state index in [2.05, 4.69) is 0 Å². The molecule has 0 fully saturated rings. The Labute approximate surface area is 90.1 Å². The van der Waals surface area contributed by atoms with E-state index < -0.39 is 4.92 Å². The van der Waals surface area contributed by atoms with Crippen LogP contribution in [0.1, 0.15) is 16.1 Å². The number of carbonyl (C=O) groups is 1. The zero-order valence-corrected chi connectivity index (χ0v) is 8.08. The van der Waals surface area contributed by atoms with Crippen molar-refractivity contribution in [3.8, 4) is 5.69 Å². The van der Waals surface area contributed by atoms with Crippen molar-refractivity contribution in [3.05, 3.63) is 57.9 Å². The third-order valence-electron chi connectivity index (χ3n) is 2.68. The fourth-order valence-corrected chi connectivity index (χ4v) is 1.94. The first-order chi connectivity index (χ1) is 7.68. The summed E-state index contributed by atoms with van der Waals surface area (Å²) in [5.74, 6) is -0.163. The average molecular weight is 214 g/mol. The van der Waals surface area contributed by atoms with Gasteiger partial charge in [0.25, 0.3) is 5.69 Å². The Balaban J connectivity index is 2.27. The molecule has 0 saturated heterocycles. The van der Waals surface area contributed by atoms with Crippen LogP contribution in [0.3, 0.4) is 0 Å². The van der Waals surface area contributed by atoms with E-state index in [0.717, 1.165) is 0 Å². The lowest BCUT2D eigenvalue weighted by molar-refractivity contribution is -0.384. The molecule has 0 aliphatic carbocycles. The molecular formula is C11H6N2O3. The minimum Gasteiger partial charge on any atom is -0.313 e. The molecule has 1 aromatic heterocycles. The normalized spacial score (nSPS) is 12.4. The second-order valence-electron chi connectivity index (χ2n) is 3.55. The number of non-ortho nitro benzene ring substituents is 1. The van der Waals surface area contributed by atoms with Crippen molar-refractivity contribution in [2.24, 2.45) is 0 Å². The molecule has 2 aromatic rings. The van der Waals surface area contributed by atoms with E-state index in [1.165, 1.54) is 12.1 Å². The van der Waals surface area contributed by atoms with Gasteiger partial charge in [-0.2, -0.15) is 0 Å². The van der Waals surface area contributed by atoms with E-state index in [1.54, 1.807) is 29.0 Å². The van der Waals surface area contributed by atoms with Gasteiger partial charge in [-0.25, -0.2) is 0 Å². The molecular weight excluding hydrogens is 208 g/mol. The number of benzene rings is 1. The highest BCUT2D eigenvalue weighted by Crippen LogP contribution is 2.30. The minimum absolute atomic E-state index is 0.0575. The molecule has 0 radical (unpaired) electrons. The molecule has 0 unspecified atom stereocenters. The smallest absolute Gasteiger partial charge is 0.270 e. The predicted molar refractivity (Wildman–Crippen MR) is 55.9 cm³/mol. The maximum Gasteiger partial charge on any atom is 0.270 e. The molecule has 3 rings (SSSR count). The summed E-state index contributed by atoms with van der Waals surface area (Å²) in [5, 5.41) is 10.6. The van der Waals surface area contributed by atoms with Crippen LogP contribution in [-0.4, -0.2) is 15.3 Å². The molecule has 1 aromatic carbocycles. The van der Waals surface area contributed by atoms with Crippen molar-refractivity contribution >= 4 is 11.5 Å². The maximum atomic E-state index is 11.9. The topological polar surface area (TPSA) is 65.1 Å². The summed E-state index contributed by atoms with van der Waals surface area (Å²) in [7, 11) is 0. The molecule has 16 heavy (non-hydrogen) atoms. The summed E-state index contributed by atoms with van der Waals surface area (Å²) >= 11 is 0. The summed E-state index contributed by atoms with van der Waals surface area (Å²) in [4.78, 5) is 22.0. The average Bonchev–Trinajstić information content (AvgIpc) is 2.83. The largest absolute Gasteiger partial charge is 0.313 e. The number of fused-ring (bicyclic) bond motifs is 3. The molecule has 0 N–H and O–H groups in total. The van der Waals surface area contributed by atoms with Gasteiger partial charge in [0.05, 0.1) is 21.9 Å². The number of nitro benzene ring substituents is 1. The Morgan fingerprint density at radius 3 is 2.81 bits per heavy atom. The first-order valence-electron chi connectivity index (χ1n) is 4.69. The van der Waals surface area contributed by atoms with Crippen LogP contribution in [0.4, 0.5) is 5.69 Å². The lowest BCUT2D eigenvalue weighted by atomic mass is 10.1. The van der Waals surface area contributed by atoms with Crippen molar-refractivity contribution in [3.63, 3.8) is 0 Å². The van der Waals surface area contributed by atoms with Gasteiger partial charge < -0.3 is 4.57 Å². The number of hydrogen-bond donors (Lipinski definition) is 0. The van der Waals surface area contributed by atoms with Crippen LogP contribution < -0.4 is 0 Å². The first kappa shape index (κ1) is 8.84. The molecule has 2 heterocycles. The Hall–Kier alpha value is -2.43. The lowest BCUT2D eigenvalue weighted by Gasteiger charge is -1.99. The third-order valence-corrected chi connectivity index (χ3v) is 2.68. The van der Waals surface area contributed by atoms with Gasteiger partial charge in [-0.05, 0) is 18.2 Å². The molecule has 0 bridgehead atoms. The van der Waals surface area contributed by atoms with Gasteiger partial charge in [-0.3, -0.25) is 14.9 Å². The SMILES string of the molecule is O=C1c2cc([N+](=O)[O-])ccc2-n2cccc21. The van der Waals surface area contributed by atoms with E-state index >= 15 is 0 Å². The number of carbonyl (C=O) groups excluding carboxylic acids is 1. The van der Waals surface area contributed by atoms with Gasteiger partial charge in [-0.1, -0.05) is 0 Å². The van der Waals surface area contributed by atoms with Gasteiger partial charge in [0, 0.05) is 18.3 Å². The van der Waals surface area contributed by atoms with Crippen molar-refractivity contribution < 1.29 is 9.72 Å². The van der Waals surface area contributed by atoms with Gasteiger partial charge in [0.15, 0.2) is 0 Å². The number of hydrogen-bond acceptors (Lipinski definition) is 3. The zero-order valence-electron chi connectivity index (χ0n) is 8.08. The van der Waals surface area contributed by atoms with Crippen LogP contribution in [0.25, 0.3) is 5.69 Å². The highest BCUT2D eigenvalue weighted by atomic mass is 16.6. The molecule has 0 saturated carbocycles. The fraction of sp³-hybridized carbons (Fsp3) is 0. The Morgan fingerprint density at radius 1 is 1.25 bits per heavy atom. The number of aromatic nitrogens is 1. The van der Waals surface area contributed by atoms with Crippen LogP contribution in [0.15, 0.2) is 36.5 Å². The molecule has 1 aliphatic heterocycles. The second-order valence-corrected chi connectivity index (χ2v) is 3.55. The van der Waals surface area contributed by atoms with Crippen LogP contribution in [0.2, 0.25) is 0 Å². The molecule has 0 atom stereocenters. The summed E-state index contributed by atoms with van der Waals surface area (Å²) in [6.45, 7) is 0. The first-order valence-corrected chi connectivity index (χ1v) is 4.69. The van der Waals surface area contributed by atoms with Crippen LogP contribution in [0.5, 0.6) is 0 Å². The Morgan fingerprint density at radius 2 is 2.06 bits per heavy atom. The number of ketones is 1. The number of nitrogens with zero attached hydrogens (tertiary/aromatic N) is 2. The van der Waals surface area contributed by atoms with Gasteiger partial charge in [-0.15, -0.1) is 0 Å². The van der Waals surface area contributed by atoms with Crippen LogP contribution in [-0.2, 0) is 0 Å². The summed E-state index contributed by atoms with van der Waals surface area (Å²) < 4.78 is 1.74. The fourth-order valence-electron chi connectivity index (χ4n) is 1.94. The Kier molecular flexibility index (Phi) is 1.54. The van der Waals surface area contributed by atoms with Gasteiger partial charge in [0.1, 0.15) is 0 Å². The molecule has 5 nitrogen and oxygen atoms in total. The molecule has 78 valence electrons. The van der Waals surface area contributed by atoms with Gasteiger partial charge in [0.2, 0.25) is 5.78 Å². The van der Waals surface area contributed by atoms with E-state index in [0.29, 0.717) is 16.9 Å². The summed E-state index contributed by atoms with van der Waals surface area (Å²) in [6.07, 6.45) is 1.77. The monoisotopic (exact) mass is 214 g/mol. The predicted octanol–water partition coefficient (Wildman–Crippen LogP) is 1.93. The highest BCUT2D eigenvalue weighted by molar-refractivity contribution is 6.14. The number of rotatable bonds is 1. The van der Waals surface area contributed by atoms with Crippen LogP contribution >= 0.6 is 0 Å². The Bertz CT molecular complexity index is 628. The lowest BCUT2D eigenvalue weighted by Crippen LogP contribution is -1.96. The van der Waals surface area contributed by atoms with E-state index in [9.17, 15) is 14.9 Å². The maximum absolute atomic E-state index is 11.9. The van der Waals surface area contributed by atoms with Gasteiger partial charge >= 0.3 is 0 Å². The van der Waals surface area contributed by atoms with Crippen LogP contribution in [0, 0.1) is 10.1 Å². The second kappa shape index (κ2) is 2.79. The van der Waals surface area contributed by atoms with Crippen molar-refractivity contribution in [2.75, 3.05) is 0 Å². The highest BCUT2D eigenvalue weighted by Gasteiger charge is 2.27. The molecule has 1 aliphatic rings. The minimum atomic E-state index is -0.499.